The standard InChI is InChI=1S/C22H21BrN2O3/c1-4-12-25-21(26)19(15-8-10-18(11-9-15)28-14(2)3)20(22(25)27)24-17-7-5-6-16(23)13-17/h4-11,13-14,24H,1,12H2,2-3H3. The lowest BCUT2D eigenvalue weighted by Gasteiger charge is -2.12. The zero-order chi connectivity index (χ0) is 20.3. The number of ether oxygens (including phenoxy) is 1. The van der Waals surface area contributed by atoms with E-state index in [2.05, 4.69) is 27.8 Å². The van der Waals surface area contributed by atoms with Gasteiger partial charge in [0.05, 0.1) is 11.7 Å². The Balaban J connectivity index is 2.02. The molecule has 1 N–H and O–H groups in total. The third-order valence-electron chi connectivity index (χ3n) is 4.09. The molecule has 0 bridgehead atoms. The van der Waals surface area contributed by atoms with E-state index in [9.17, 15) is 9.59 Å². The van der Waals surface area contributed by atoms with E-state index in [1.54, 1.807) is 24.3 Å². The molecule has 2 amide bonds. The van der Waals surface area contributed by atoms with Gasteiger partial charge in [0, 0.05) is 16.7 Å². The largest absolute Gasteiger partial charge is 0.491 e. The fourth-order valence-corrected chi connectivity index (χ4v) is 3.34. The maximum absolute atomic E-state index is 13.0. The number of amides is 2. The van der Waals surface area contributed by atoms with Crippen molar-refractivity contribution in [1.29, 1.82) is 0 Å². The molecule has 0 atom stereocenters. The predicted octanol–water partition coefficient (Wildman–Crippen LogP) is 4.61. The number of halogens is 1. The number of benzene rings is 2. The van der Waals surface area contributed by atoms with Crippen LogP contribution in [0.15, 0.2) is 71.4 Å². The highest BCUT2D eigenvalue weighted by Gasteiger charge is 2.38. The van der Waals surface area contributed by atoms with Crippen molar-refractivity contribution in [2.45, 2.75) is 20.0 Å². The number of hydrogen-bond acceptors (Lipinski definition) is 4. The first-order chi connectivity index (χ1) is 13.4. The van der Waals surface area contributed by atoms with Crippen molar-refractivity contribution in [2.24, 2.45) is 0 Å². The van der Waals surface area contributed by atoms with Gasteiger partial charge in [0.25, 0.3) is 11.8 Å². The van der Waals surface area contributed by atoms with Gasteiger partial charge < -0.3 is 10.1 Å². The van der Waals surface area contributed by atoms with Crippen molar-refractivity contribution in [3.63, 3.8) is 0 Å². The summed E-state index contributed by atoms with van der Waals surface area (Å²) in [5.74, 6) is -0.0112. The molecular formula is C22H21BrN2O3. The second-order valence-electron chi connectivity index (χ2n) is 6.59. The Morgan fingerprint density at radius 3 is 2.46 bits per heavy atom. The highest BCUT2D eigenvalue weighted by molar-refractivity contribution is 9.10. The molecule has 0 fully saturated rings. The Kier molecular flexibility index (Phi) is 5.99. The van der Waals surface area contributed by atoms with E-state index in [1.165, 1.54) is 11.0 Å². The van der Waals surface area contributed by atoms with Gasteiger partial charge in [-0.1, -0.05) is 40.2 Å². The van der Waals surface area contributed by atoms with Gasteiger partial charge in [-0.25, -0.2) is 0 Å². The molecule has 1 heterocycles. The number of nitrogens with one attached hydrogen (secondary N) is 1. The van der Waals surface area contributed by atoms with Crippen LogP contribution in [0.3, 0.4) is 0 Å². The first-order valence-electron chi connectivity index (χ1n) is 8.91. The van der Waals surface area contributed by atoms with Crippen LogP contribution in [0, 0.1) is 0 Å². The van der Waals surface area contributed by atoms with Gasteiger partial charge >= 0.3 is 0 Å². The van der Waals surface area contributed by atoms with E-state index < -0.39 is 0 Å². The summed E-state index contributed by atoms with van der Waals surface area (Å²) in [7, 11) is 0. The van der Waals surface area contributed by atoms with Gasteiger partial charge in [-0.15, -0.1) is 6.58 Å². The average molecular weight is 441 g/mol. The Morgan fingerprint density at radius 2 is 1.86 bits per heavy atom. The van der Waals surface area contributed by atoms with Crippen molar-refractivity contribution in [2.75, 3.05) is 11.9 Å². The van der Waals surface area contributed by atoms with Gasteiger partial charge in [0.2, 0.25) is 0 Å². The SMILES string of the molecule is C=CCN1C(=O)C(Nc2cccc(Br)c2)=C(c2ccc(OC(C)C)cc2)C1=O. The molecule has 0 unspecified atom stereocenters. The van der Waals surface area contributed by atoms with Crippen molar-refractivity contribution in [3.8, 4) is 5.75 Å². The summed E-state index contributed by atoms with van der Waals surface area (Å²) in [5.41, 5.74) is 1.95. The molecule has 0 aliphatic carbocycles. The van der Waals surface area contributed by atoms with Crippen LogP contribution in [0.5, 0.6) is 5.75 Å². The first-order valence-corrected chi connectivity index (χ1v) is 9.71. The van der Waals surface area contributed by atoms with Crippen LogP contribution >= 0.6 is 15.9 Å². The molecule has 0 aromatic heterocycles. The molecule has 2 aromatic carbocycles. The maximum Gasteiger partial charge on any atom is 0.278 e. The number of hydrogen-bond donors (Lipinski definition) is 1. The first kappa shape index (κ1) is 19.9. The summed E-state index contributed by atoms with van der Waals surface area (Å²) in [6.07, 6.45) is 1.59. The number of carbonyl (C=O) groups is 2. The van der Waals surface area contributed by atoms with Crippen LogP contribution in [0.25, 0.3) is 5.57 Å². The van der Waals surface area contributed by atoms with Crippen molar-refractivity contribution in [1.82, 2.24) is 4.90 Å². The molecule has 5 nitrogen and oxygen atoms in total. The molecule has 0 radical (unpaired) electrons. The van der Waals surface area contributed by atoms with E-state index in [0.717, 1.165) is 4.47 Å². The molecule has 0 saturated heterocycles. The summed E-state index contributed by atoms with van der Waals surface area (Å²) in [6, 6.07) is 14.6. The minimum atomic E-state index is -0.373. The molecule has 28 heavy (non-hydrogen) atoms. The second kappa shape index (κ2) is 8.44. The van der Waals surface area contributed by atoms with Gasteiger partial charge in [0.15, 0.2) is 0 Å². The van der Waals surface area contributed by atoms with Crippen molar-refractivity contribution in [3.05, 3.63) is 76.9 Å². The number of anilines is 1. The molecule has 6 heteroatoms. The highest BCUT2D eigenvalue weighted by Crippen LogP contribution is 2.32. The van der Waals surface area contributed by atoms with Gasteiger partial charge in [-0.05, 0) is 49.7 Å². The summed E-state index contributed by atoms with van der Waals surface area (Å²) in [5, 5.41) is 3.12. The molecule has 0 saturated carbocycles. The fourth-order valence-electron chi connectivity index (χ4n) is 2.94. The van der Waals surface area contributed by atoms with Crippen LogP contribution in [-0.2, 0) is 9.59 Å². The molecule has 1 aliphatic heterocycles. The highest BCUT2D eigenvalue weighted by atomic mass is 79.9. The third-order valence-corrected chi connectivity index (χ3v) is 4.58. The van der Waals surface area contributed by atoms with E-state index in [4.69, 9.17) is 4.74 Å². The van der Waals surface area contributed by atoms with Gasteiger partial charge in [0.1, 0.15) is 11.4 Å². The number of imide groups is 1. The third kappa shape index (κ3) is 4.17. The van der Waals surface area contributed by atoms with E-state index >= 15 is 0 Å². The quantitative estimate of drug-likeness (QED) is 0.504. The molecule has 1 aliphatic rings. The smallest absolute Gasteiger partial charge is 0.278 e. The summed E-state index contributed by atoms with van der Waals surface area (Å²) in [4.78, 5) is 27.0. The van der Waals surface area contributed by atoms with Crippen molar-refractivity contribution >= 4 is 39.0 Å². The molecule has 0 spiro atoms. The van der Waals surface area contributed by atoms with Crippen LogP contribution < -0.4 is 10.1 Å². The van der Waals surface area contributed by atoms with E-state index in [0.29, 0.717) is 22.6 Å². The lowest BCUT2D eigenvalue weighted by Crippen LogP contribution is -2.32. The maximum atomic E-state index is 13.0. The van der Waals surface area contributed by atoms with Gasteiger partial charge in [-0.2, -0.15) is 0 Å². The van der Waals surface area contributed by atoms with Crippen LogP contribution in [0.4, 0.5) is 5.69 Å². The Morgan fingerprint density at radius 1 is 1.14 bits per heavy atom. The average Bonchev–Trinajstić information content (AvgIpc) is 2.87. The fraction of sp³-hybridized carbons (Fsp3) is 0.182. The number of carbonyl (C=O) groups excluding carboxylic acids is 2. The minimum absolute atomic E-state index is 0.0524. The Labute approximate surface area is 172 Å². The molecule has 144 valence electrons. The molecule has 3 rings (SSSR count). The normalized spacial score (nSPS) is 14.1. The molecule has 2 aromatic rings. The van der Waals surface area contributed by atoms with Crippen LogP contribution in [0.2, 0.25) is 0 Å². The monoisotopic (exact) mass is 440 g/mol. The number of nitrogens with zero attached hydrogens (tertiary/aromatic N) is 1. The van der Waals surface area contributed by atoms with Crippen molar-refractivity contribution < 1.29 is 14.3 Å². The Bertz CT molecular complexity index is 949. The zero-order valence-electron chi connectivity index (χ0n) is 15.7. The second-order valence-corrected chi connectivity index (χ2v) is 7.50. The predicted molar refractivity (Wildman–Crippen MR) is 114 cm³/mol. The topological polar surface area (TPSA) is 58.6 Å². The lowest BCUT2D eigenvalue weighted by molar-refractivity contribution is -0.136. The summed E-state index contributed by atoms with van der Waals surface area (Å²) < 4.78 is 6.53. The minimum Gasteiger partial charge on any atom is -0.491 e. The van der Waals surface area contributed by atoms with E-state index in [-0.39, 0.29) is 30.2 Å². The van der Waals surface area contributed by atoms with E-state index in [1.807, 2.05) is 38.1 Å². The molecular weight excluding hydrogens is 420 g/mol. The van der Waals surface area contributed by atoms with Gasteiger partial charge in [-0.3, -0.25) is 14.5 Å². The number of rotatable bonds is 7. The Hall–Kier alpha value is -2.86. The van der Waals surface area contributed by atoms with Crippen LogP contribution in [0.1, 0.15) is 19.4 Å². The van der Waals surface area contributed by atoms with Crippen LogP contribution in [-0.4, -0.2) is 29.4 Å². The summed E-state index contributed by atoms with van der Waals surface area (Å²) in [6.45, 7) is 7.69. The summed E-state index contributed by atoms with van der Waals surface area (Å²) >= 11 is 3.42. The lowest BCUT2D eigenvalue weighted by atomic mass is 10.0. The zero-order valence-corrected chi connectivity index (χ0v) is 17.3.